The van der Waals surface area contributed by atoms with E-state index < -0.39 is 0 Å². The highest BCUT2D eigenvalue weighted by Crippen LogP contribution is 2.21. The molecule has 1 atom stereocenters. The second-order valence-corrected chi connectivity index (χ2v) is 3.75. The number of carbonyl (C=O) groups is 1. The van der Waals surface area contributed by atoms with E-state index in [4.69, 9.17) is 0 Å². The topological polar surface area (TPSA) is 39.2 Å². The first kappa shape index (κ1) is 9.67. The molecule has 1 heterocycles. The molecule has 66 valence electrons. The summed E-state index contributed by atoms with van der Waals surface area (Å²) in [4.78, 5) is 15.0. The summed E-state index contributed by atoms with van der Waals surface area (Å²) in [5.41, 5.74) is 1.77. The molecule has 0 spiro atoms. The van der Waals surface area contributed by atoms with Gasteiger partial charge in [-0.3, -0.25) is 9.78 Å². The van der Waals surface area contributed by atoms with Crippen molar-refractivity contribution in [1.82, 2.24) is 4.98 Å². The molecule has 3 nitrogen and oxygen atoms in total. The van der Waals surface area contributed by atoms with Crippen LogP contribution in [0.15, 0.2) is 11.7 Å². The maximum atomic E-state index is 9.95. The molecule has 0 radical (unpaired) electrons. The molecule has 0 aliphatic carbocycles. The third-order valence-corrected chi connectivity index (χ3v) is 3.13. The van der Waals surface area contributed by atoms with Gasteiger partial charge in [-0.15, -0.1) is 11.3 Å². The zero-order valence-electron chi connectivity index (χ0n) is 6.27. The number of hydrogen-bond donors (Lipinski definition) is 0. The Morgan fingerprint density at radius 1 is 1.83 bits per heavy atom. The minimum absolute atomic E-state index is 0.225. The monoisotopic (exact) mass is 249 g/mol. The highest BCUT2D eigenvalue weighted by atomic mass is 79.9. The Hall–Kier alpha value is -0.420. The van der Waals surface area contributed by atoms with Gasteiger partial charge in [0.15, 0.2) is 0 Å². The average Bonchev–Trinajstić information content (AvgIpc) is 2.59. The third-order valence-electron chi connectivity index (χ3n) is 1.41. The van der Waals surface area contributed by atoms with Crippen molar-refractivity contribution in [2.75, 3.05) is 11.9 Å². The fourth-order valence-electron chi connectivity index (χ4n) is 0.785. The van der Waals surface area contributed by atoms with E-state index in [2.05, 4.69) is 25.7 Å². The van der Waals surface area contributed by atoms with Crippen LogP contribution in [0.4, 0.5) is 0 Å². The number of nitrogens with zero attached hydrogens (tertiary/aromatic N) is 1. The van der Waals surface area contributed by atoms with Gasteiger partial charge >= 0.3 is 0 Å². The fourth-order valence-corrected chi connectivity index (χ4v) is 2.24. The lowest BCUT2D eigenvalue weighted by Crippen LogP contribution is -2.06. The molecule has 1 rings (SSSR count). The highest BCUT2D eigenvalue weighted by molar-refractivity contribution is 9.09. The second-order valence-electron chi connectivity index (χ2n) is 2.18. The number of halogens is 1. The first-order chi connectivity index (χ1) is 5.88. The molecule has 1 aromatic heterocycles. The van der Waals surface area contributed by atoms with Crippen molar-refractivity contribution in [2.45, 2.75) is 5.92 Å². The predicted octanol–water partition coefficient (Wildman–Crippen LogP) is 1.79. The summed E-state index contributed by atoms with van der Waals surface area (Å²) in [6, 6.07) is 0. The molecule has 0 saturated heterocycles. The van der Waals surface area contributed by atoms with Gasteiger partial charge in [-0.25, -0.2) is 0 Å². The highest BCUT2D eigenvalue weighted by Gasteiger charge is 2.11. The van der Waals surface area contributed by atoms with E-state index in [1.54, 1.807) is 23.0 Å². The van der Waals surface area contributed by atoms with Crippen molar-refractivity contribution in [1.29, 1.82) is 0 Å². The first-order valence-corrected chi connectivity index (χ1v) is 5.38. The van der Waals surface area contributed by atoms with Crippen molar-refractivity contribution < 1.29 is 9.53 Å². The van der Waals surface area contributed by atoms with Crippen molar-refractivity contribution in [2.24, 2.45) is 0 Å². The molecular weight excluding hydrogens is 242 g/mol. The van der Waals surface area contributed by atoms with Gasteiger partial charge in [0.1, 0.15) is 0 Å². The molecule has 5 heteroatoms. The Morgan fingerprint density at radius 2 is 2.67 bits per heavy atom. The molecule has 0 aromatic carbocycles. The number of hydrogen-bond acceptors (Lipinski definition) is 4. The molecule has 1 unspecified atom stereocenters. The van der Waals surface area contributed by atoms with Crippen LogP contribution in [0, 0.1) is 0 Å². The second kappa shape index (κ2) is 5.27. The van der Waals surface area contributed by atoms with Crippen LogP contribution in [0.2, 0.25) is 0 Å². The molecule has 0 N–H and O–H groups in total. The van der Waals surface area contributed by atoms with Crippen LogP contribution in [-0.4, -0.2) is 23.4 Å². The molecule has 12 heavy (non-hydrogen) atoms. The number of carbonyl (C=O) groups excluding carboxylic acids is 1. The molecule has 1 aromatic rings. The van der Waals surface area contributed by atoms with Crippen molar-refractivity contribution in [3.05, 3.63) is 16.6 Å². The number of alkyl halides is 1. The van der Waals surface area contributed by atoms with Crippen molar-refractivity contribution in [3.8, 4) is 0 Å². The summed E-state index contributed by atoms with van der Waals surface area (Å²) in [6.45, 7) is 0.883. The SMILES string of the molecule is O=COCC(CBr)c1cncs1. The van der Waals surface area contributed by atoms with Crippen molar-refractivity contribution in [3.63, 3.8) is 0 Å². The Bertz CT molecular complexity index is 227. The normalized spacial score (nSPS) is 12.4. The molecular formula is C7H8BrNO2S. The van der Waals surface area contributed by atoms with Gasteiger partial charge in [0.2, 0.25) is 0 Å². The van der Waals surface area contributed by atoms with E-state index in [0.29, 0.717) is 13.1 Å². The summed E-state index contributed by atoms with van der Waals surface area (Å²) in [5.74, 6) is 0.225. The standard InChI is InChI=1S/C7H8BrNO2S/c8-1-6(3-11-5-10)7-2-9-4-12-7/h2,4-6H,1,3H2. The number of rotatable bonds is 5. The van der Waals surface area contributed by atoms with E-state index in [1.165, 1.54) is 0 Å². The summed E-state index contributed by atoms with van der Waals surface area (Å²) >= 11 is 4.92. The maximum Gasteiger partial charge on any atom is 0.293 e. The van der Waals surface area contributed by atoms with Gasteiger partial charge in [0.05, 0.1) is 12.1 Å². The van der Waals surface area contributed by atoms with Crippen molar-refractivity contribution >= 4 is 33.7 Å². The van der Waals surface area contributed by atoms with E-state index in [-0.39, 0.29) is 5.92 Å². The van der Waals surface area contributed by atoms with Crippen LogP contribution >= 0.6 is 27.3 Å². The van der Waals surface area contributed by atoms with E-state index in [0.717, 1.165) is 10.2 Å². The fraction of sp³-hybridized carbons (Fsp3) is 0.429. The van der Waals surface area contributed by atoms with Crippen LogP contribution in [-0.2, 0) is 9.53 Å². The Morgan fingerprint density at radius 3 is 3.17 bits per heavy atom. The molecule has 0 aliphatic heterocycles. The largest absolute Gasteiger partial charge is 0.467 e. The van der Waals surface area contributed by atoms with E-state index in [1.807, 2.05) is 0 Å². The van der Waals surface area contributed by atoms with Gasteiger partial charge < -0.3 is 4.74 Å². The van der Waals surface area contributed by atoms with Crippen LogP contribution in [0.25, 0.3) is 0 Å². The predicted molar refractivity (Wildman–Crippen MR) is 50.7 cm³/mol. The van der Waals surface area contributed by atoms with Gasteiger partial charge in [-0.2, -0.15) is 0 Å². The quantitative estimate of drug-likeness (QED) is 0.590. The molecule has 0 aliphatic rings. The van der Waals surface area contributed by atoms with E-state index >= 15 is 0 Å². The number of thiazole rings is 1. The van der Waals surface area contributed by atoms with Crippen LogP contribution in [0.5, 0.6) is 0 Å². The maximum absolute atomic E-state index is 9.95. The van der Waals surface area contributed by atoms with Gasteiger partial charge in [0.25, 0.3) is 6.47 Å². The van der Waals surface area contributed by atoms with Gasteiger partial charge in [-0.05, 0) is 0 Å². The zero-order valence-corrected chi connectivity index (χ0v) is 8.68. The molecule has 0 saturated carbocycles. The number of aromatic nitrogens is 1. The average molecular weight is 250 g/mol. The minimum Gasteiger partial charge on any atom is -0.467 e. The zero-order chi connectivity index (χ0) is 8.81. The Labute approximate surface area is 82.9 Å². The summed E-state index contributed by atoms with van der Waals surface area (Å²) in [6.07, 6.45) is 1.80. The van der Waals surface area contributed by atoms with Crippen LogP contribution in [0.3, 0.4) is 0 Å². The first-order valence-electron chi connectivity index (χ1n) is 3.38. The Kier molecular flexibility index (Phi) is 4.24. The lowest BCUT2D eigenvalue weighted by atomic mass is 10.2. The number of ether oxygens (including phenoxy) is 1. The summed E-state index contributed by atoms with van der Waals surface area (Å²) in [5, 5.41) is 0.781. The molecule has 0 fully saturated rings. The van der Waals surface area contributed by atoms with E-state index in [9.17, 15) is 4.79 Å². The summed E-state index contributed by atoms with van der Waals surface area (Å²) < 4.78 is 4.68. The third kappa shape index (κ3) is 2.57. The molecule has 0 bridgehead atoms. The van der Waals surface area contributed by atoms with Crippen LogP contribution in [0.1, 0.15) is 10.8 Å². The lowest BCUT2D eigenvalue weighted by Gasteiger charge is -2.08. The van der Waals surface area contributed by atoms with Gasteiger partial charge in [-0.1, -0.05) is 15.9 Å². The minimum atomic E-state index is 0.225. The molecule has 0 amide bonds. The lowest BCUT2D eigenvalue weighted by molar-refractivity contribution is -0.129. The van der Waals surface area contributed by atoms with Gasteiger partial charge in [0, 0.05) is 22.3 Å². The summed E-state index contributed by atoms with van der Waals surface area (Å²) in [7, 11) is 0. The van der Waals surface area contributed by atoms with Crippen LogP contribution < -0.4 is 0 Å². The smallest absolute Gasteiger partial charge is 0.293 e. The Balaban J connectivity index is 2.51.